The summed E-state index contributed by atoms with van der Waals surface area (Å²) in [7, 11) is 2.48. The van der Waals surface area contributed by atoms with E-state index in [4.69, 9.17) is 72.8 Å². The maximum atomic E-state index is 14.4. The molecule has 16 atom stereocenters. The summed E-state index contributed by atoms with van der Waals surface area (Å²) < 4.78 is 74.7. The standard InChI is InChI=1S/C76H125N7O28PS2/c1-14-59(108-66(97)32-31-58(93)45-114(112)113)73(98)83(38-27-34-78-64(95)29-19-16-24-40-100-75-68(80-50(6)85)47(3)71(106-56(12)91)61(110-75)43-103-53(9)88)36-22-21-35-82(65(96)30-20-17-25-41-101-76-69(81-51(7)86)48(4)72(107-57(13)92)62(111-76)44-104-54(10)89)37-26-33-77-63(94)28-18-15-23-39-99-74-67(79-49(5)84)46(2)70(105-55(11)90)60(109-74)42-102-52(8)87/h46-48,59-62,67-72,74-76,112H,14-45H2,1-13H3,(H,77,94)(H,78,95)(H,79,84)(H,80,85)(H,81,86)/q-1/t46-,47-,48-,59?,60?,61?,62?,67?,68?,69?,70-,71-,72-,74-,75-,76-/m1/s1. The first-order chi connectivity index (χ1) is 54.0. The number of Topliss-reactive ketones (excluding diaryl/α,β-unsaturated/α-hetero) is 1. The molecule has 114 heavy (non-hydrogen) atoms. The Morgan fingerprint density at radius 3 is 1.11 bits per heavy atom. The number of rotatable bonds is 54. The van der Waals surface area contributed by atoms with Gasteiger partial charge in [-0.05, 0) is 70.6 Å². The molecule has 3 aliphatic rings. The van der Waals surface area contributed by atoms with Gasteiger partial charge in [-0.2, -0.15) is 0 Å². The summed E-state index contributed by atoms with van der Waals surface area (Å²) in [6, 6.07) is -2.17. The summed E-state index contributed by atoms with van der Waals surface area (Å²) in [6.07, 6.45) is -2.99. The van der Waals surface area contributed by atoms with Gasteiger partial charge < -0.3 is 111 Å². The molecular formula is C76H125N7O28PS2-. The van der Waals surface area contributed by atoms with Gasteiger partial charge >= 0.3 is 41.8 Å². The zero-order valence-electron chi connectivity index (χ0n) is 68.5. The molecule has 0 aromatic rings. The average Bonchev–Trinajstić information content (AvgIpc) is 0.807. The van der Waals surface area contributed by atoms with Crippen molar-refractivity contribution >= 4 is 117 Å². The minimum Gasteiger partial charge on any atom is -0.463 e. The van der Waals surface area contributed by atoms with Gasteiger partial charge in [-0.3, -0.25) is 86.3 Å². The van der Waals surface area contributed by atoms with E-state index in [9.17, 15) is 71.9 Å². The van der Waals surface area contributed by atoms with E-state index in [1.165, 1.54) is 62.3 Å². The average molecular weight is 1680 g/mol. The van der Waals surface area contributed by atoms with E-state index >= 15 is 0 Å². The highest BCUT2D eigenvalue weighted by atomic mass is 32.9. The predicted molar refractivity (Wildman–Crippen MR) is 416 cm³/mol. The van der Waals surface area contributed by atoms with Gasteiger partial charge in [-0.1, -0.05) is 52.7 Å². The van der Waals surface area contributed by atoms with Crippen LogP contribution in [0.3, 0.4) is 0 Å². The van der Waals surface area contributed by atoms with E-state index in [-0.39, 0.29) is 164 Å². The Labute approximate surface area is 677 Å². The first-order valence-corrected chi connectivity index (χ1v) is 43.0. The third kappa shape index (κ3) is 40.6. The molecule has 7 amide bonds. The number of amides is 7. The number of ether oxygens (including phenoxy) is 13. The first-order valence-electron chi connectivity index (χ1n) is 39.5. The Morgan fingerprint density at radius 1 is 0.430 bits per heavy atom. The van der Waals surface area contributed by atoms with Gasteiger partial charge in [-0.15, -0.1) is 0 Å². The lowest BCUT2D eigenvalue weighted by atomic mass is 9.88. The number of hydrogen-bond acceptors (Lipinski definition) is 30. The van der Waals surface area contributed by atoms with Crippen LogP contribution in [-0.4, -0.2) is 263 Å². The Bertz CT molecular complexity index is 3190. The van der Waals surface area contributed by atoms with Crippen molar-refractivity contribution in [3.05, 3.63) is 0 Å². The quantitative estimate of drug-likeness (QED) is 0.0188. The molecule has 3 aliphatic heterocycles. The lowest BCUT2D eigenvalue weighted by molar-refractivity contribution is -0.262. The highest BCUT2D eigenvalue weighted by molar-refractivity contribution is 8.39. The summed E-state index contributed by atoms with van der Waals surface area (Å²) in [5.41, 5.74) is 0. The van der Waals surface area contributed by atoms with E-state index in [0.29, 0.717) is 83.5 Å². The fourth-order valence-electron chi connectivity index (χ4n) is 13.3. The van der Waals surface area contributed by atoms with E-state index in [0.717, 1.165) is 0 Å². The van der Waals surface area contributed by atoms with Gasteiger partial charge in [0.1, 0.15) is 62.2 Å². The number of nitrogens with zero attached hydrogens (tertiary/aromatic N) is 2. The predicted octanol–water partition coefficient (Wildman–Crippen LogP) is 4.06. The van der Waals surface area contributed by atoms with Gasteiger partial charge in [-0.25, -0.2) is 0 Å². The van der Waals surface area contributed by atoms with Gasteiger partial charge in [0.25, 0.3) is 5.91 Å². The normalized spacial score (nSPS) is 23.4. The van der Waals surface area contributed by atoms with Gasteiger partial charge in [0.15, 0.2) is 25.0 Å². The SMILES string of the molecule is CCC(OC(=O)CCC(=O)C[S-](=P)=S)C(=O)N(CCCCN(CCCNC(=O)CCCCCO[C@@H]1OC(COC(C)=O)[C@H](OC(C)=O)[C@H](C)C1NC(C)=O)C(=O)CCCCCO[C@@H]1OC(COC(C)=O)[C@H](OC(C)=O)[C@H](C)C1NC(C)=O)CCCNC(=O)CCCCCO[C@@H]1OC(COC(C)=O)[C@H](OC(C)=O)[C@H](C)C1NC(C)=O. The van der Waals surface area contributed by atoms with E-state index in [1.807, 2.05) is 0 Å². The molecule has 0 bridgehead atoms. The van der Waals surface area contributed by atoms with Crippen LogP contribution in [0.5, 0.6) is 0 Å². The number of ketones is 1. The summed E-state index contributed by atoms with van der Waals surface area (Å²) in [5, 5.41) is 14.3. The molecule has 3 heterocycles. The molecule has 0 aromatic heterocycles. The molecule has 0 saturated carbocycles. The zero-order valence-corrected chi connectivity index (χ0v) is 71.1. The third-order valence-corrected chi connectivity index (χ3v) is 20.3. The van der Waals surface area contributed by atoms with Crippen molar-refractivity contribution < 1.29 is 133 Å². The van der Waals surface area contributed by atoms with Crippen LogP contribution >= 0.6 is 8.02 Å². The third-order valence-electron chi connectivity index (χ3n) is 19.0. The molecule has 650 valence electrons. The van der Waals surface area contributed by atoms with Crippen LogP contribution < -0.4 is 26.6 Å². The zero-order chi connectivity index (χ0) is 85.0. The molecule has 0 spiro atoms. The molecule has 0 aliphatic carbocycles. The Kier molecular flexibility index (Phi) is 49.2. The van der Waals surface area contributed by atoms with Crippen LogP contribution in [0.4, 0.5) is 0 Å². The second kappa shape index (κ2) is 55.5. The Balaban J connectivity index is 1.71. The number of hydrogen-bond donors (Lipinski definition) is 5. The Hall–Kier alpha value is -7.12. The van der Waals surface area contributed by atoms with Crippen molar-refractivity contribution in [2.24, 2.45) is 17.8 Å². The van der Waals surface area contributed by atoms with Crippen molar-refractivity contribution in [3.63, 3.8) is 0 Å². The minimum atomic E-state index is -1.19. The van der Waals surface area contributed by atoms with Crippen LogP contribution in [0, 0.1) is 17.8 Å². The van der Waals surface area contributed by atoms with Crippen LogP contribution in [0.15, 0.2) is 0 Å². The fourth-order valence-corrected chi connectivity index (χ4v) is 14.6. The summed E-state index contributed by atoms with van der Waals surface area (Å²) in [5.74, 6) is -8.06. The van der Waals surface area contributed by atoms with Gasteiger partial charge in [0.05, 0.1) is 24.5 Å². The topological polar surface area (TPSA) is 443 Å². The molecule has 5 N–H and O–H groups in total. The molecule has 7 unspecified atom stereocenters. The van der Waals surface area contributed by atoms with Crippen molar-refractivity contribution in [1.82, 2.24) is 36.4 Å². The van der Waals surface area contributed by atoms with E-state index in [2.05, 4.69) is 34.6 Å². The minimum absolute atomic E-state index is 0.0525. The van der Waals surface area contributed by atoms with E-state index in [1.54, 1.807) is 37.5 Å². The smallest absolute Gasteiger partial charge is 0.307 e. The molecular weight excluding hydrogens is 1550 g/mol. The number of carbonyl (C=O) groups excluding carboxylic acids is 15. The number of nitrogens with one attached hydrogen (secondary N) is 5. The fraction of sp³-hybridized carbons (Fsp3) is 0.803. The van der Waals surface area contributed by atoms with Crippen LogP contribution in [0.25, 0.3) is 0 Å². The monoisotopic (exact) mass is 1680 g/mol. The van der Waals surface area contributed by atoms with Gasteiger partial charge in [0.2, 0.25) is 35.4 Å². The van der Waals surface area contributed by atoms with Crippen molar-refractivity contribution in [3.8, 4) is 0 Å². The molecule has 38 heteroatoms. The maximum Gasteiger partial charge on any atom is 0.307 e. The second-order valence-electron chi connectivity index (χ2n) is 28.8. The summed E-state index contributed by atoms with van der Waals surface area (Å²) in [4.78, 5) is 192. The van der Waals surface area contributed by atoms with E-state index < -0.39 is 154 Å². The van der Waals surface area contributed by atoms with Crippen LogP contribution in [0.2, 0.25) is 0 Å². The van der Waals surface area contributed by atoms with Gasteiger partial charge in [0, 0.05) is 165 Å². The molecule has 3 fully saturated rings. The van der Waals surface area contributed by atoms with Crippen molar-refractivity contribution in [1.29, 1.82) is 0 Å². The number of unbranched alkanes of at least 4 members (excludes halogenated alkanes) is 7. The molecule has 35 nitrogen and oxygen atoms in total. The summed E-state index contributed by atoms with van der Waals surface area (Å²) in [6.45, 7) is 19.5. The van der Waals surface area contributed by atoms with Crippen LogP contribution in [-0.2, 0) is 153 Å². The van der Waals surface area contributed by atoms with Crippen molar-refractivity contribution in [2.45, 2.75) is 292 Å². The first kappa shape index (κ1) is 101. The molecule has 3 rings (SSSR count). The summed E-state index contributed by atoms with van der Waals surface area (Å²) >= 11 is 5.09. The molecule has 3 saturated heterocycles. The largest absolute Gasteiger partial charge is 0.463 e. The number of esters is 7. The highest BCUT2D eigenvalue weighted by Gasteiger charge is 2.50. The Morgan fingerprint density at radius 2 is 0.772 bits per heavy atom. The lowest BCUT2D eigenvalue weighted by Crippen LogP contribution is -2.62. The second-order valence-corrected chi connectivity index (χ2v) is 33.3. The maximum absolute atomic E-state index is 14.4. The highest BCUT2D eigenvalue weighted by Crippen LogP contribution is 2.33. The van der Waals surface area contributed by atoms with Crippen LogP contribution in [0.1, 0.15) is 212 Å². The van der Waals surface area contributed by atoms with Crippen molar-refractivity contribution in [2.75, 3.05) is 84.7 Å². The molecule has 0 aromatic carbocycles. The number of carbonyl (C=O) groups is 15. The lowest BCUT2D eigenvalue weighted by Gasteiger charge is -2.44. The molecule has 0 radical (unpaired) electrons.